The molecule has 4 aromatic carbocycles. The number of carbonyl (C=O) groups is 2. The lowest BCUT2D eigenvalue weighted by Gasteiger charge is -2.24. The van der Waals surface area contributed by atoms with Crippen LogP contribution in [0.2, 0.25) is 0 Å². The molecule has 0 bridgehead atoms. The lowest BCUT2D eigenvalue weighted by atomic mass is 9.98. The van der Waals surface area contributed by atoms with Crippen LogP contribution >= 0.6 is 0 Å². The van der Waals surface area contributed by atoms with Crippen LogP contribution in [0, 0.1) is 6.92 Å². The molecule has 6 rings (SSSR count). The molecule has 0 saturated carbocycles. The molecule has 0 radical (unpaired) electrons. The van der Waals surface area contributed by atoms with Crippen molar-refractivity contribution in [2.24, 2.45) is 0 Å². The summed E-state index contributed by atoms with van der Waals surface area (Å²) in [5, 5.41) is 10.0. The van der Waals surface area contributed by atoms with Crippen LogP contribution in [0.1, 0.15) is 39.4 Å². The number of benzene rings is 4. The number of carbonyl (C=O) groups excluding carboxylic acids is 1. The minimum Gasteiger partial charge on any atom is -0.478 e. The first-order valence-electron chi connectivity index (χ1n) is 14.6. The molecular formula is C37H34N2O4. The van der Waals surface area contributed by atoms with Crippen molar-refractivity contribution in [1.29, 1.82) is 0 Å². The second kappa shape index (κ2) is 12.4. The Morgan fingerprint density at radius 3 is 2.19 bits per heavy atom. The van der Waals surface area contributed by atoms with Crippen LogP contribution in [-0.4, -0.2) is 40.2 Å². The number of hydrogen-bond acceptors (Lipinski definition) is 3. The van der Waals surface area contributed by atoms with Crippen molar-refractivity contribution in [1.82, 2.24) is 9.88 Å². The van der Waals surface area contributed by atoms with E-state index in [0.717, 1.165) is 28.4 Å². The van der Waals surface area contributed by atoms with Crippen LogP contribution < -0.4 is 0 Å². The minimum absolute atomic E-state index is 0.00722. The van der Waals surface area contributed by atoms with Gasteiger partial charge in [0.15, 0.2) is 0 Å². The lowest BCUT2D eigenvalue weighted by Crippen LogP contribution is -2.34. The van der Waals surface area contributed by atoms with Gasteiger partial charge in [0.25, 0.3) is 0 Å². The number of aromatic nitrogens is 1. The molecule has 43 heavy (non-hydrogen) atoms. The highest BCUT2D eigenvalue weighted by Gasteiger charge is 2.30. The maximum atomic E-state index is 13.7. The molecule has 5 aromatic rings. The quantitative estimate of drug-likeness (QED) is 0.169. The van der Waals surface area contributed by atoms with E-state index in [0.29, 0.717) is 25.9 Å². The largest absolute Gasteiger partial charge is 0.478 e. The Morgan fingerprint density at radius 2 is 1.49 bits per heavy atom. The van der Waals surface area contributed by atoms with E-state index in [-0.39, 0.29) is 18.6 Å². The second-order valence-electron chi connectivity index (χ2n) is 11.0. The monoisotopic (exact) mass is 570 g/mol. The molecule has 6 heteroatoms. The maximum absolute atomic E-state index is 13.7. The molecule has 216 valence electrons. The number of aryl methyl sites for hydroxylation is 1. The molecule has 0 fully saturated rings. The predicted octanol–water partition coefficient (Wildman–Crippen LogP) is 7.65. The number of carboxylic acids is 1. The predicted molar refractivity (Wildman–Crippen MR) is 169 cm³/mol. The van der Waals surface area contributed by atoms with Crippen LogP contribution in [0.4, 0.5) is 4.79 Å². The van der Waals surface area contributed by atoms with Gasteiger partial charge in [-0.2, -0.15) is 0 Å². The summed E-state index contributed by atoms with van der Waals surface area (Å²) in [5.41, 5.74) is 10.1. The number of ether oxygens (including phenoxy) is 1. The van der Waals surface area contributed by atoms with E-state index < -0.39 is 5.97 Å². The smallest absolute Gasteiger partial charge is 0.410 e. The van der Waals surface area contributed by atoms with Gasteiger partial charge in [0, 0.05) is 41.7 Å². The van der Waals surface area contributed by atoms with Crippen molar-refractivity contribution < 1.29 is 19.4 Å². The molecule has 1 aliphatic rings. The Bertz CT molecular complexity index is 1760. The molecule has 1 aliphatic carbocycles. The molecule has 0 spiro atoms. The zero-order chi connectivity index (χ0) is 29.8. The number of para-hydroxylation sites is 1. The molecule has 0 unspecified atom stereocenters. The third kappa shape index (κ3) is 6.09. The maximum Gasteiger partial charge on any atom is 0.410 e. The second-order valence-corrected chi connectivity index (χ2v) is 11.0. The first-order chi connectivity index (χ1) is 21.0. The van der Waals surface area contributed by atoms with Gasteiger partial charge in [0.1, 0.15) is 6.61 Å². The van der Waals surface area contributed by atoms with Crippen LogP contribution in [0.25, 0.3) is 22.0 Å². The number of H-pyrrole nitrogens is 1. The average molecular weight is 571 g/mol. The van der Waals surface area contributed by atoms with Crippen LogP contribution in [0.3, 0.4) is 0 Å². The Kier molecular flexibility index (Phi) is 8.09. The fourth-order valence-corrected chi connectivity index (χ4v) is 6.12. The Hall–Kier alpha value is -5.10. The van der Waals surface area contributed by atoms with Crippen molar-refractivity contribution in [2.45, 2.75) is 32.2 Å². The highest BCUT2D eigenvalue weighted by Crippen LogP contribution is 2.44. The summed E-state index contributed by atoms with van der Waals surface area (Å²) in [6, 6.07) is 32.9. The van der Waals surface area contributed by atoms with E-state index >= 15 is 0 Å². The average Bonchev–Trinajstić information content (AvgIpc) is 3.52. The van der Waals surface area contributed by atoms with E-state index in [1.165, 1.54) is 33.2 Å². The molecule has 1 heterocycles. The van der Waals surface area contributed by atoms with E-state index in [9.17, 15) is 9.59 Å². The van der Waals surface area contributed by atoms with Gasteiger partial charge in [0.2, 0.25) is 0 Å². The highest BCUT2D eigenvalue weighted by molar-refractivity contribution is 5.84. The van der Waals surface area contributed by atoms with E-state index in [1.54, 1.807) is 11.0 Å². The number of aromatic amines is 1. The summed E-state index contributed by atoms with van der Waals surface area (Å²) in [7, 11) is 0. The number of nitrogens with one attached hydrogen (secondary N) is 1. The molecule has 1 aromatic heterocycles. The van der Waals surface area contributed by atoms with Gasteiger partial charge < -0.3 is 19.7 Å². The topological polar surface area (TPSA) is 82.6 Å². The molecule has 6 nitrogen and oxygen atoms in total. The molecule has 2 N–H and O–H groups in total. The number of amides is 1. The zero-order valence-electron chi connectivity index (χ0n) is 24.1. The highest BCUT2D eigenvalue weighted by atomic mass is 16.6. The Labute approximate surface area is 251 Å². The number of nitrogens with zero attached hydrogens (tertiary/aromatic N) is 1. The van der Waals surface area contributed by atoms with E-state index in [2.05, 4.69) is 48.3 Å². The van der Waals surface area contributed by atoms with Gasteiger partial charge in [-0.3, -0.25) is 0 Å². The van der Waals surface area contributed by atoms with Gasteiger partial charge >= 0.3 is 12.1 Å². The van der Waals surface area contributed by atoms with Gasteiger partial charge in [-0.1, -0.05) is 97.1 Å². The van der Waals surface area contributed by atoms with Crippen LogP contribution in [0.5, 0.6) is 0 Å². The summed E-state index contributed by atoms with van der Waals surface area (Å²) >= 11 is 0. The van der Waals surface area contributed by atoms with Crippen molar-refractivity contribution in [3.8, 4) is 11.1 Å². The van der Waals surface area contributed by atoms with Crippen molar-refractivity contribution >= 4 is 23.0 Å². The van der Waals surface area contributed by atoms with Gasteiger partial charge in [-0.25, -0.2) is 9.59 Å². The fraction of sp³-hybridized carbons (Fsp3) is 0.189. The fourth-order valence-electron chi connectivity index (χ4n) is 6.12. The van der Waals surface area contributed by atoms with Crippen LogP contribution in [-0.2, 0) is 28.9 Å². The van der Waals surface area contributed by atoms with Gasteiger partial charge in [-0.15, -0.1) is 0 Å². The summed E-state index contributed by atoms with van der Waals surface area (Å²) < 4.78 is 6.08. The third-order valence-electron chi connectivity index (χ3n) is 8.26. The number of rotatable bonds is 10. The zero-order valence-corrected chi connectivity index (χ0v) is 24.1. The van der Waals surface area contributed by atoms with E-state index in [1.807, 2.05) is 60.7 Å². The van der Waals surface area contributed by atoms with Gasteiger partial charge in [-0.05, 0) is 64.8 Å². The molecule has 0 atom stereocenters. The minimum atomic E-state index is -0.958. The summed E-state index contributed by atoms with van der Waals surface area (Å²) in [6.45, 7) is 3.25. The first kappa shape index (κ1) is 28.0. The van der Waals surface area contributed by atoms with Gasteiger partial charge in [0.05, 0.1) is 0 Å². The summed E-state index contributed by atoms with van der Waals surface area (Å²) in [6.07, 6.45) is 3.66. The summed E-state index contributed by atoms with van der Waals surface area (Å²) in [5.74, 6) is -0.965. The van der Waals surface area contributed by atoms with Crippen molar-refractivity contribution in [2.75, 3.05) is 13.2 Å². The molecule has 0 saturated heterocycles. The lowest BCUT2D eigenvalue weighted by molar-refractivity contribution is -0.131. The first-order valence-corrected chi connectivity index (χ1v) is 14.6. The Morgan fingerprint density at radius 1 is 0.860 bits per heavy atom. The van der Waals surface area contributed by atoms with E-state index in [4.69, 9.17) is 9.84 Å². The van der Waals surface area contributed by atoms with Crippen molar-refractivity contribution in [3.05, 3.63) is 143 Å². The summed E-state index contributed by atoms with van der Waals surface area (Å²) in [4.78, 5) is 29.8. The Balaban J connectivity index is 1.20. The standard InChI is InChI=1S/C37H34N2O4/c1-25-28(33-14-6-7-15-35(33)38-25)21-22-39(23-27-19-17-26(18-20-27)9-8-16-36(40)41)37(42)43-24-34-31-12-4-2-10-29(31)30-11-3-5-13-32(30)34/h2-8,10-20,34,38H,9,21-24H2,1H3,(H,40,41)/b16-8+. The number of aliphatic carboxylic acids is 1. The normalized spacial score (nSPS) is 12.4. The molecular weight excluding hydrogens is 536 g/mol. The number of hydrogen-bond donors (Lipinski definition) is 2. The number of allylic oxidation sites excluding steroid dienone is 1. The molecule has 0 aliphatic heterocycles. The van der Waals surface area contributed by atoms with Crippen molar-refractivity contribution in [3.63, 3.8) is 0 Å². The SMILES string of the molecule is Cc1[nH]c2ccccc2c1CCN(Cc1ccc(C/C=C/C(=O)O)cc1)C(=O)OCC1c2ccccc2-c2ccccc21. The third-order valence-corrected chi connectivity index (χ3v) is 8.26. The number of fused-ring (bicyclic) bond motifs is 4. The molecule has 1 amide bonds. The van der Waals surface area contributed by atoms with Crippen LogP contribution in [0.15, 0.2) is 109 Å². The number of carboxylic acid groups (broad SMARTS) is 1.